The Morgan fingerprint density at radius 1 is 0.880 bits per heavy atom. The van der Waals surface area contributed by atoms with E-state index in [0.29, 0.717) is 22.3 Å². The summed E-state index contributed by atoms with van der Waals surface area (Å²) in [6.45, 7) is 1.74. The minimum atomic E-state index is -0.220. The molecule has 0 spiro atoms. The number of halogens is 1. The second-order valence-corrected chi connectivity index (χ2v) is 5.97. The van der Waals surface area contributed by atoms with Gasteiger partial charge in [0.2, 0.25) is 0 Å². The molecule has 3 nitrogen and oxygen atoms in total. The summed E-state index contributed by atoms with van der Waals surface area (Å²) in [5, 5.41) is 0.568. The second kappa shape index (κ2) is 5.98. The van der Waals surface area contributed by atoms with Crippen LogP contribution in [-0.2, 0) is 0 Å². The topological polar surface area (TPSA) is 45.8 Å². The number of nitrogens with zero attached hydrogens (tertiary/aromatic N) is 1. The molecule has 25 heavy (non-hydrogen) atoms. The Morgan fingerprint density at radius 2 is 1.56 bits per heavy atom. The summed E-state index contributed by atoms with van der Waals surface area (Å²) in [4.78, 5) is 19.5. The summed E-state index contributed by atoms with van der Waals surface area (Å²) in [7, 11) is 0. The van der Waals surface area contributed by atoms with E-state index in [1.165, 1.54) is 6.07 Å². The fraction of sp³-hybridized carbons (Fsp3) is 0.0476. The second-order valence-electron chi connectivity index (χ2n) is 5.97. The van der Waals surface area contributed by atoms with Crippen LogP contribution >= 0.6 is 0 Å². The van der Waals surface area contributed by atoms with Gasteiger partial charge in [0.25, 0.3) is 5.56 Å². The number of aromatic amines is 1. The predicted octanol–water partition coefficient (Wildman–Crippen LogP) is 4.70. The summed E-state index contributed by atoms with van der Waals surface area (Å²) >= 11 is 0. The lowest BCUT2D eigenvalue weighted by Crippen LogP contribution is -2.09. The lowest BCUT2D eigenvalue weighted by molar-refractivity contribution is 0.619. The van der Waals surface area contributed by atoms with Gasteiger partial charge in [-0.1, -0.05) is 48.5 Å². The molecule has 0 aliphatic heterocycles. The Bertz CT molecular complexity index is 1130. The largest absolute Gasteiger partial charge is 0.306 e. The van der Waals surface area contributed by atoms with Crippen LogP contribution in [0.1, 0.15) is 5.56 Å². The summed E-state index contributed by atoms with van der Waals surface area (Å²) in [5.74, 6) is 0.299. The highest BCUT2D eigenvalue weighted by atomic mass is 19.1. The zero-order valence-corrected chi connectivity index (χ0v) is 13.6. The monoisotopic (exact) mass is 330 g/mol. The molecule has 0 aliphatic rings. The maximum absolute atomic E-state index is 13.8. The van der Waals surface area contributed by atoms with E-state index in [-0.39, 0.29) is 11.4 Å². The number of aromatic nitrogens is 2. The highest BCUT2D eigenvalue weighted by Gasteiger charge is 2.07. The molecule has 0 aliphatic carbocycles. The molecular weight excluding hydrogens is 315 g/mol. The molecule has 1 aromatic heterocycles. The van der Waals surface area contributed by atoms with Gasteiger partial charge in [0, 0.05) is 5.56 Å². The first-order valence-corrected chi connectivity index (χ1v) is 7.98. The third-order valence-corrected chi connectivity index (χ3v) is 4.28. The van der Waals surface area contributed by atoms with E-state index in [2.05, 4.69) is 9.97 Å². The number of nitrogens with one attached hydrogen (secondary N) is 1. The SMILES string of the molecule is Cc1ccc(-c2ccc(-c3nc4ccccc4c(=O)[nH]3)cc2)cc1F. The molecule has 1 heterocycles. The van der Waals surface area contributed by atoms with Gasteiger partial charge in [0.1, 0.15) is 11.6 Å². The first kappa shape index (κ1) is 15.3. The number of rotatable bonds is 2. The van der Waals surface area contributed by atoms with Crippen molar-refractivity contribution in [1.82, 2.24) is 9.97 Å². The van der Waals surface area contributed by atoms with E-state index in [1.807, 2.05) is 48.5 Å². The molecule has 0 unspecified atom stereocenters. The number of hydrogen-bond acceptors (Lipinski definition) is 2. The van der Waals surface area contributed by atoms with Gasteiger partial charge >= 0.3 is 0 Å². The number of para-hydroxylation sites is 1. The van der Waals surface area contributed by atoms with Crippen LogP contribution in [0.4, 0.5) is 4.39 Å². The van der Waals surface area contributed by atoms with Crippen molar-refractivity contribution in [3.63, 3.8) is 0 Å². The number of fused-ring (bicyclic) bond motifs is 1. The maximum Gasteiger partial charge on any atom is 0.259 e. The third kappa shape index (κ3) is 2.83. The van der Waals surface area contributed by atoms with Gasteiger partial charge in [-0.25, -0.2) is 9.37 Å². The Morgan fingerprint density at radius 3 is 2.32 bits per heavy atom. The minimum Gasteiger partial charge on any atom is -0.306 e. The van der Waals surface area contributed by atoms with Gasteiger partial charge < -0.3 is 4.98 Å². The van der Waals surface area contributed by atoms with Crippen LogP contribution in [-0.4, -0.2) is 9.97 Å². The standard InChI is InChI=1S/C21H15FN2O/c1-13-6-7-16(12-18(13)22)14-8-10-15(11-9-14)20-23-19-5-3-2-4-17(19)21(25)24-20/h2-12H,1H3,(H,23,24,25). The quantitative estimate of drug-likeness (QED) is 0.579. The molecular formula is C21H15FN2O. The fourth-order valence-corrected chi connectivity index (χ4v) is 2.82. The Kier molecular flexibility index (Phi) is 3.65. The summed E-state index contributed by atoms with van der Waals surface area (Å²) < 4.78 is 13.8. The van der Waals surface area contributed by atoms with Crippen LogP contribution in [0, 0.1) is 12.7 Å². The van der Waals surface area contributed by atoms with E-state index in [9.17, 15) is 9.18 Å². The Hall–Kier alpha value is -3.27. The molecule has 0 amide bonds. The fourth-order valence-electron chi connectivity index (χ4n) is 2.82. The van der Waals surface area contributed by atoms with Crippen molar-refractivity contribution in [2.45, 2.75) is 6.92 Å². The highest BCUT2D eigenvalue weighted by molar-refractivity contribution is 5.79. The minimum absolute atomic E-state index is 0.162. The van der Waals surface area contributed by atoms with Crippen molar-refractivity contribution in [3.05, 3.63) is 88.5 Å². The molecule has 4 heteroatoms. The lowest BCUT2D eigenvalue weighted by atomic mass is 10.0. The number of aryl methyl sites for hydroxylation is 1. The van der Waals surface area contributed by atoms with Crippen LogP contribution in [0.2, 0.25) is 0 Å². The maximum atomic E-state index is 13.8. The predicted molar refractivity (Wildman–Crippen MR) is 97.9 cm³/mol. The van der Waals surface area contributed by atoms with Gasteiger partial charge in [-0.15, -0.1) is 0 Å². The van der Waals surface area contributed by atoms with Gasteiger partial charge in [-0.2, -0.15) is 0 Å². The molecule has 0 bridgehead atoms. The van der Waals surface area contributed by atoms with Gasteiger partial charge in [-0.05, 0) is 41.8 Å². The van der Waals surface area contributed by atoms with Crippen molar-refractivity contribution < 1.29 is 4.39 Å². The van der Waals surface area contributed by atoms with E-state index in [4.69, 9.17) is 0 Å². The highest BCUT2D eigenvalue weighted by Crippen LogP contribution is 2.25. The average Bonchev–Trinajstić information content (AvgIpc) is 2.64. The van der Waals surface area contributed by atoms with E-state index in [1.54, 1.807) is 19.1 Å². The first-order valence-electron chi connectivity index (χ1n) is 7.98. The summed E-state index contributed by atoms with van der Waals surface area (Å²) in [5.41, 5.74) is 3.65. The zero-order chi connectivity index (χ0) is 17.4. The average molecular weight is 330 g/mol. The number of hydrogen-bond donors (Lipinski definition) is 1. The van der Waals surface area contributed by atoms with Crippen molar-refractivity contribution >= 4 is 10.9 Å². The molecule has 4 aromatic rings. The van der Waals surface area contributed by atoms with E-state index >= 15 is 0 Å². The van der Waals surface area contributed by atoms with Gasteiger partial charge in [0.15, 0.2) is 0 Å². The molecule has 4 rings (SSSR count). The smallest absolute Gasteiger partial charge is 0.259 e. The normalized spacial score (nSPS) is 11.0. The molecule has 1 N–H and O–H groups in total. The van der Waals surface area contributed by atoms with Crippen molar-refractivity contribution in [1.29, 1.82) is 0 Å². The van der Waals surface area contributed by atoms with Crippen molar-refractivity contribution in [2.75, 3.05) is 0 Å². The van der Waals surface area contributed by atoms with Gasteiger partial charge in [0.05, 0.1) is 10.9 Å². The van der Waals surface area contributed by atoms with Gasteiger partial charge in [-0.3, -0.25) is 4.79 Å². The van der Waals surface area contributed by atoms with Crippen LogP contribution in [0.15, 0.2) is 71.5 Å². The molecule has 0 saturated heterocycles. The van der Waals surface area contributed by atoms with Crippen LogP contribution in [0.5, 0.6) is 0 Å². The van der Waals surface area contributed by atoms with Crippen molar-refractivity contribution in [3.8, 4) is 22.5 Å². The van der Waals surface area contributed by atoms with Crippen molar-refractivity contribution in [2.24, 2.45) is 0 Å². The molecule has 0 fully saturated rings. The zero-order valence-electron chi connectivity index (χ0n) is 13.6. The van der Waals surface area contributed by atoms with Crippen LogP contribution in [0.25, 0.3) is 33.4 Å². The third-order valence-electron chi connectivity index (χ3n) is 4.28. The summed E-state index contributed by atoms with van der Waals surface area (Å²) in [6.07, 6.45) is 0. The van der Waals surface area contributed by atoms with Crippen LogP contribution in [0.3, 0.4) is 0 Å². The lowest BCUT2D eigenvalue weighted by Gasteiger charge is -2.06. The van der Waals surface area contributed by atoms with E-state index in [0.717, 1.165) is 16.7 Å². The molecule has 0 radical (unpaired) electrons. The number of H-pyrrole nitrogens is 1. The summed E-state index contributed by atoms with van der Waals surface area (Å²) in [6, 6.07) is 20.0. The molecule has 3 aromatic carbocycles. The first-order chi connectivity index (χ1) is 12.1. The molecule has 0 atom stereocenters. The molecule has 0 saturated carbocycles. The van der Waals surface area contributed by atoms with E-state index < -0.39 is 0 Å². The Balaban J connectivity index is 1.75. The molecule has 122 valence electrons. The van der Waals surface area contributed by atoms with Crippen LogP contribution < -0.4 is 5.56 Å². The number of benzene rings is 3. The Labute approximate surface area is 143 Å².